The molecular weight excluding hydrogens is 629 g/mol. The van der Waals surface area contributed by atoms with Crippen LogP contribution in [0.3, 0.4) is 0 Å². The largest absolute Gasteiger partial charge is 0.619 e. The first-order chi connectivity index (χ1) is 20.5. The third-order valence-electron chi connectivity index (χ3n) is 7.26. The number of aromatic nitrogens is 1. The van der Waals surface area contributed by atoms with Crippen LogP contribution >= 0.6 is 23.2 Å². The second kappa shape index (κ2) is 13.2. The van der Waals surface area contributed by atoms with Crippen LogP contribution in [0.4, 0.5) is 8.78 Å². The molecule has 2 fully saturated rings. The zero-order valence-electron chi connectivity index (χ0n) is 22.7. The normalized spacial score (nSPS) is 18.0. The van der Waals surface area contributed by atoms with Crippen molar-refractivity contribution in [3.8, 4) is 11.5 Å². The van der Waals surface area contributed by atoms with Gasteiger partial charge in [0.1, 0.15) is 22.2 Å². The summed E-state index contributed by atoms with van der Waals surface area (Å²) in [6.45, 7) is -2.68. The van der Waals surface area contributed by atoms with E-state index in [1.807, 2.05) is 0 Å². The first-order valence-electron chi connectivity index (χ1n) is 13.6. The van der Waals surface area contributed by atoms with Gasteiger partial charge < -0.3 is 19.4 Å². The maximum Gasteiger partial charge on any atom is 0.387 e. The lowest BCUT2D eigenvalue weighted by Gasteiger charge is -2.26. The smallest absolute Gasteiger partial charge is 0.387 e. The summed E-state index contributed by atoms with van der Waals surface area (Å²) in [6.07, 6.45) is 3.55. The Labute approximate surface area is 257 Å². The lowest BCUT2D eigenvalue weighted by Crippen LogP contribution is -2.41. The van der Waals surface area contributed by atoms with Crippen LogP contribution < -0.4 is 14.2 Å². The Balaban J connectivity index is 1.47. The Bertz CT molecular complexity index is 1550. The van der Waals surface area contributed by atoms with Crippen LogP contribution in [0.1, 0.15) is 42.9 Å². The second-order valence-electron chi connectivity index (χ2n) is 10.3. The number of rotatable bonds is 12. The Morgan fingerprint density at radius 2 is 1.74 bits per heavy atom. The average Bonchev–Trinajstić information content (AvgIpc) is 3.65. The molecule has 1 aliphatic carbocycles. The number of halogens is 4. The van der Waals surface area contributed by atoms with Gasteiger partial charge in [0.15, 0.2) is 23.9 Å². The van der Waals surface area contributed by atoms with E-state index >= 15 is 0 Å². The molecule has 3 aromatic rings. The molecule has 2 heterocycles. The molecule has 1 saturated heterocycles. The van der Waals surface area contributed by atoms with E-state index in [0.29, 0.717) is 34.8 Å². The molecule has 1 aliphatic heterocycles. The van der Waals surface area contributed by atoms with Crippen LogP contribution in [-0.4, -0.2) is 44.5 Å². The van der Waals surface area contributed by atoms with Crippen LogP contribution in [0.15, 0.2) is 65.8 Å². The number of hydrogen-bond donors (Lipinski definition) is 0. The summed E-state index contributed by atoms with van der Waals surface area (Å²) >= 11 is 12.6. The summed E-state index contributed by atoms with van der Waals surface area (Å²) in [7, 11) is -4.00. The number of hydrogen-bond acceptors (Lipinski definition) is 7. The fourth-order valence-corrected chi connectivity index (χ4v) is 7.14. The van der Waals surface area contributed by atoms with Gasteiger partial charge in [-0.1, -0.05) is 47.5 Å². The topological polar surface area (TPSA) is 109 Å². The van der Waals surface area contributed by atoms with E-state index in [1.165, 1.54) is 30.3 Å². The van der Waals surface area contributed by atoms with E-state index in [1.54, 1.807) is 18.2 Å². The summed E-state index contributed by atoms with van der Waals surface area (Å²) in [5.41, 5.74) is 0.629. The van der Waals surface area contributed by atoms with Crippen LogP contribution in [0.25, 0.3) is 0 Å². The average molecular weight is 658 g/mol. The van der Waals surface area contributed by atoms with Crippen molar-refractivity contribution < 1.29 is 40.9 Å². The van der Waals surface area contributed by atoms with Crippen molar-refractivity contribution in [3.05, 3.63) is 87.3 Å². The summed E-state index contributed by atoms with van der Waals surface area (Å²) in [6, 6.07) is 10.8. The molecule has 2 aliphatic rings. The molecule has 0 radical (unpaired) electrons. The summed E-state index contributed by atoms with van der Waals surface area (Å²) < 4.78 is 70.9. The van der Waals surface area contributed by atoms with Crippen molar-refractivity contribution in [2.45, 2.75) is 55.8 Å². The SMILES string of the molecule is O=C(O[C@@H](Cc1c(Cl)c[n+]([O-])cc1Cl)c1ccc(OC(F)F)c(OCC2CC2)c1)[C@@H]1CCCN1S(=O)(=O)c1ccccc1. The minimum Gasteiger partial charge on any atom is -0.619 e. The highest BCUT2D eigenvalue weighted by atomic mass is 35.5. The van der Waals surface area contributed by atoms with Gasteiger partial charge >= 0.3 is 12.6 Å². The molecule has 2 atom stereocenters. The van der Waals surface area contributed by atoms with E-state index < -0.39 is 34.7 Å². The lowest BCUT2D eigenvalue weighted by atomic mass is 10.0. The van der Waals surface area contributed by atoms with Crippen LogP contribution in [0.5, 0.6) is 11.5 Å². The standard InChI is InChI=1S/C29H28Cl2F2N2O7S/c30-22-15-34(37)16-23(31)21(22)14-26(19-10-11-25(42-29(32)33)27(13-19)40-17-18-8-9-18)41-28(36)24-7-4-12-35(24)43(38,39)20-5-2-1-3-6-20/h1-3,5-6,10-11,13,15-16,18,24,26,29H,4,7-9,12,14,17H2/t24-,26-/m0/s1. The van der Waals surface area contributed by atoms with E-state index in [2.05, 4.69) is 4.74 Å². The molecule has 230 valence electrons. The molecule has 9 nitrogen and oxygen atoms in total. The Hall–Kier alpha value is -3.19. The molecule has 14 heteroatoms. The van der Waals surface area contributed by atoms with Gasteiger partial charge in [0.2, 0.25) is 10.0 Å². The first-order valence-corrected chi connectivity index (χ1v) is 15.8. The van der Waals surface area contributed by atoms with Crippen LogP contribution in [0, 0.1) is 11.1 Å². The van der Waals surface area contributed by atoms with Crippen molar-refractivity contribution in [2.75, 3.05) is 13.2 Å². The van der Waals surface area contributed by atoms with Crippen LogP contribution in [-0.2, 0) is 26.0 Å². The molecule has 0 amide bonds. The van der Waals surface area contributed by atoms with Gasteiger partial charge in [0, 0.05) is 18.5 Å². The summed E-state index contributed by atoms with van der Waals surface area (Å²) in [5, 5.41) is 11.9. The first kappa shape index (κ1) is 31.2. The number of pyridine rings is 1. The number of benzene rings is 2. The molecule has 2 aromatic carbocycles. The van der Waals surface area contributed by atoms with E-state index in [-0.39, 0.29) is 45.8 Å². The van der Waals surface area contributed by atoms with Crippen molar-refractivity contribution in [3.63, 3.8) is 0 Å². The van der Waals surface area contributed by atoms with E-state index in [4.69, 9.17) is 32.7 Å². The molecule has 1 aromatic heterocycles. The lowest BCUT2D eigenvalue weighted by molar-refractivity contribution is -0.605. The Morgan fingerprint density at radius 1 is 1.05 bits per heavy atom. The van der Waals surface area contributed by atoms with Gasteiger partial charge in [-0.05, 0) is 61.4 Å². The molecular formula is C29H28Cl2F2N2O7S. The third kappa shape index (κ3) is 7.49. The predicted octanol–water partition coefficient (Wildman–Crippen LogP) is 5.70. The predicted molar refractivity (Wildman–Crippen MR) is 153 cm³/mol. The highest BCUT2D eigenvalue weighted by molar-refractivity contribution is 7.89. The number of esters is 1. The number of alkyl halides is 2. The highest BCUT2D eigenvalue weighted by Crippen LogP contribution is 2.38. The minimum atomic E-state index is -4.00. The van der Waals surface area contributed by atoms with Gasteiger partial charge in [-0.15, -0.1) is 0 Å². The van der Waals surface area contributed by atoms with Crippen molar-refractivity contribution in [1.29, 1.82) is 0 Å². The number of nitrogens with zero attached hydrogens (tertiary/aromatic N) is 2. The fourth-order valence-electron chi connectivity index (χ4n) is 4.87. The number of ether oxygens (including phenoxy) is 3. The number of sulfonamides is 1. The fraction of sp³-hybridized carbons (Fsp3) is 0.379. The van der Waals surface area contributed by atoms with Gasteiger partial charge in [-0.3, -0.25) is 4.79 Å². The number of carbonyl (C=O) groups excluding carboxylic acids is 1. The van der Waals surface area contributed by atoms with Crippen molar-refractivity contribution in [2.24, 2.45) is 5.92 Å². The maximum absolute atomic E-state index is 13.6. The summed E-state index contributed by atoms with van der Waals surface area (Å²) in [5.74, 6) is -0.666. The number of carbonyl (C=O) groups is 1. The third-order valence-corrected chi connectivity index (χ3v) is 9.83. The van der Waals surface area contributed by atoms with E-state index in [0.717, 1.165) is 29.5 Å². The summed E-state index contributed by atoms with van der Waals surface area (Å²) in [4.78, 5) is 13.7. The Kier molecular flexibility index (Phi) is 9.60. The van der Waals surface area contributed by atoms with E-state index in [9.17, 15) is 27.2 Å². The second-order valence-corrected chi connectivity index (χ2v) is 13.1. The molecule has 0 bridgehead atoms. The molecule has 1 saturated carbocycles. The molecule has 0 spiro atoms. The molecule has 0 N–H and O–H groups in total. The molecule has 5 rings (SSSR count). The monoisotopic (exact) mass is 656 g/mol. The molecule has 0 unspecified atom stereocenters. The zero-order valence-corrected chi connectivity index (χ0v) is 25.0. The zero-order chi connectivity index (χ0) is 30.7. The van der Waals surface area contributed by atoms with Gasteiger partial charge in [0.05, 0.1) is 11.5 Å². The van der Waals surface area contributed by atoms with Gasteiger partial charge in [-0.25, -0.2) is 8.42 Å². The van der Waals surface area contributed by atoms with Gasteiger partial charge in [-0.2, -0.15) is 17.8 Å². The highest BCUT2D eigenvalue weighted by Gasteiger charge is 2.41. The van der Waals surface area contributed by atoms with Crippen molar-refractivity contribution in [1.82, 2.24) is 4.31 Å². The Morgan fingerprint density at radius 3 is 2.40 bits per heavy atom. The molecule has 43 heavy (non-hydrogen) atoms. The van der Waals surface area contributed by atoms with Crippen molar-refractivity contribution >= 4 is 39.2 Å². The van der Waals surface area contributed by atoms with Crippen LogP contribution in [0.2, 0.25) is 10.0 Å². The quantitative estimate of drug-likeness (QED) is 0.140. The maximum atomic E-state index is 13.6. The van der Waals surface area contributed by atoms with Gasteiger partial charge in [0.25, 0.3) is 0 Å². The minimum absolute atomic E-state index is 0.0144.